The Kier molecular flexibility index (Phi) is 10.0. The fourth-order valence-corrected chi connectivity index (χ4v) is 5.46. The Morgan fingerprint density at radius 2 is 1.80 bits per heavy atom. The molecule has 9 heteroatoms. The minimum absolute atomic E-state index is 0.0215. The van der Waals surface area contributed by atoms with Gasteiger partial charge in [-0.2, -0.15) is 0 Å². The summed E-state index contributed by atoms with van der Waals surface area (Å²) < 4.78 is 11.2. The predicted octanol–water partition coefficient (Wildman–Crippen LogP) is 5.12. The van der Waals surface area contributed by atoms with Crippen molar-refractivity contribution in [1.82, 2.24) is 9.80 Å². The highest BCUT2D eigenvalue weighted by atomic mass is 16.6. The molecule has 2 amide bonds. The van der Waals surface area contributed by atoms with E-state index >= 15 is 0 Å². The van der Waals surface area contributed by atoms with Crippen LogP contribution in [0.2, 0.25) is 0 Å². The number of likely N-dealkylation sites (tertiary alicyclic amines) is 1. The van der Waals surface area contributed by atoms with Gasteiger partial charge in [0.05, 0.1) is 25.5 Å². The van der Waals surface area contributed by atoms with Crippen molar-refractivity contribution in [3.05, 3.63) is 60.2 Å². The minimum atomic E-state index is -1.18. The van der Waals surface area contributed by atoms with E-state index in [1.165, 1.54) is 4.90 Å². The average molecular weight is 569 g/mol. The van der Waals surface area contributed by atoms with Gasteiger partial charge in [-0.15, -0.1) is 13.2 Å². The molecule has 1 fully saturated rings. The van der Waals surface area contributed by atoms with Crippen molar-refractivity contribution in [3.63, 3.8) is 0 Å². The molecule has 0 aromatic heterocycles. The van der Waals surface area contributed by atoms with Gasteiger partial charge in [-0.1, -0.05) is 65.0 Å². The number of esters is 1. The van der Waals surface area contributed by atoms with Crippen LogP contribution in [-0.2, 0) is 43.4 Å². The number of carbonyl (C=O) groups excluding carboxylic acids is 3. The van der Waals surface area contributed by atoms with Gasteiger partial charge in [0.1, 0.15) is 12.1 Å². The topological polar surface area (TPSA) is 113 Å². The summed E-state index contributed by atoms with van der Waals surface area (Å²) in [6.07, 6.45) is 3.41. The second-order valence-corrected chi connectivity index (χ2v) is 12.9. The summed E-state index contributed by atoms with van der Waals surface area (Å²) in [6.45, 7) is 17.9. The van der Waals surface area contributed by atoms with Crippen molar-refractivity contribution in [2.45, 2.75) is 85.5 Å². The number of nitrogens with zero attached hydrogens (tertiary/aromatic N) is 2. The summed E-state index contributed by atoms with van der Waals surface area (Å²) in [7, 11) is 0. The van der Waals surface area contributed by atoms with E-state index in [0.717, 1.165) is 16.7 Å². The summed E-state index contributed by atoms with van der Waals surface area (Å²) in [5.41, 5.74) is 2.29. The number of carboxylic acid groups (broad SMARTS) is 1. The molecule has 2 heterocycles. The van der Waals surface area contributed by atoms with Crippen molar-refractivity contribution in [3.8, 4) is 0 Å². The molecule has 1 N–H and O–H groups in total. The first-order valence-electron chi connectivity index (χ1n) is 14.1. The summed E-state index contributed by atoms with van der Waals surface area (Å²) in [5.74, 6) is -2.98. The molecule has 1 aromatic rings. The van der Waals surface area contributed by atoms with Crippen LogP contribution in [0.3, 0.4) is 0 Å². The van der Waals surface area contributed by atoms with Gasteiger partial charge in [-0.25, -0.2) is 9.59 Å². The molecule has 3 rings (SSSR count). The maximum absolute atomic E-state index is 13.8. The Bertz CT molecular complexity index is 1180. The van der Waals surface area contributed by atoms with Crippen LogP contribution in [0.1, 0.15) is 70.6 Å². The third-order valence-corrected chi connectivity index (χ3v) is 7.84. The molecule has 1 aromatic carbocycles. The smallest absolute Gasteiger partial charge is 0.410 e. The Hall–Kier alpha value is -3.62. The van der Waals surface area contributed by atoms with Crippen LogP contribution in [-0.4, -0.2) is 64.1 Å². The maximum Gasteiger partial charge on any atom is 0.410 e. The highest BCUT2D eigenvalue weighted by Gasteiger charge is 2.46. The van der Waals surface area contributed by atoms with Gasteiger partial charge in [0.25, 0.3) is 0 Å². The zero-order chi connectivity index (χ0) is 30.5. The number of allylic oxidation sites excluding steroid dienone is 2. The fourth-order valence-electron chi connectivity index (χ4n) is 5.46. The van der Waals surface area contributed by atoms with Gasteiger partial charge in [-0.05, 0) is 34.9 Å². The molecule has 1 saturated heterocycles. The number of hydrogen-bond donors (Lipinski definition) is 1. The van der Waals surface area contributed by atoms with Crippen molar-refractivity contribution < 1.29 is 33.8 Å². The summed E-state index contributed by atoms with van der Waals surface area (Å²) in [6, 6.07) is 4.77. The van der Waals surface area contributed by atoms with Crippen molar-refractivity contribution in [2.75, 3.05) is 13.2 Å². The Morgan fingerprint density at radius 1 is 1.10 bits per heavy atom. The van der Waals surface area contributed by atoms with E-state index in [-0.39, 0.29) is 31.4 Å². The molecule has 2 aliphatic rings. The minimum Gasteiger partial charge on any atom is -0.480 e. The number of benzene rings is 1. The van der Waals surface area contributed by atoms with Crippen LogP contribution in [0.15, 0.2) is 43.5 Å². The average Bonchev–Trinajstić information content (AvgIpc) is 3.51. The van der Waals surface area contributed by atoms with E-state index < -0.39 is 47.4 Å². The van der Waals surface area contributed by atoms with Crippen molar-refractivity contribution >= 4 is 23.9 Å². The first-order chi connectivity index (χ1) is 19.2. The van der Waals surface area contributed by atoms with Gasteiger partial charge < -0.3 is 19.5 Å². The van der Waals surface area contributed by atoms with Crippen LogP contribution in [0.4, 0.5) is 4.79 Å². The van der Waals surface area contributed by atoms with Gasteiger partial charge in [0, 0.05) is 24.9 Å². The number of ether oxygens (including phenoxy) is 2. The molecule has 0 saturated carbocycles. The van der Waals surface area contributed by atoms with Crippen LogP contribution in [0.25, 0.3) is 0 Å². The number of carboxylic acids is 1. The summed E-state index contributed by atoms with van der Waals surface area (Å²) in [5, 5.41) is 9.93. The molecule has 0 unspecified atom stereocenters. The third-order valence-electron chi connectivity index (χ3n) is 7.84. The number of rotatable bonds is 11. The monoisotopic (exact) mass is 568 g/mol. The lowest BCUT2D eigenvalue weighted by Gasteiger charge is -2.34. The molecule has 0 aliphatic carbocycles. The molecule has 0 bridgehead atoms. The lowest BCUT2D eigenvalue weighted by Crippen LogP contribution is -2.47. The second kappa shape index (κ2) is 12.9. The van der Waals surface area contributed by atoms with Crippen LogP contribution in [0.5, 0.6) is 0 Å². The Labute approximate surface area is 243 Å². The molecule has 0 spiro atoms. The summed E-state index contributed by atoms with van der Waals surface area (Å²) >= 11 is 0. The van der Waals surface area contributed by atoms with Crippen LogP contribution >= 0.6 is 0 Å². The molecule has 41 heavy (non-hydrogen) atoms. The number of carbonyl (C=O) groups is 4. The van der Waals surface area contributed by atoms with Gasteiger partial charge >= 0.3 is 18.0 Å². The Balaban J connectivity index is 1.68. The second-order valence-electron chi connectivity index (χ2n) is 12.9. The van der Waals surface area contributed by atoms with E-state index in [2.05, 4.69) is 13.2 Å². The fraction of sp³-hybridized carbons (Fsp3) is 0.562. The SMILES string of the molecule is C=CCc1cccc2c1CN(C(=O)O[C@@H]1C[C@@H](C(=O)O)N(C(=O)[C@@H](CC(=O)OCC(C)(C)CC=C)C(C)(C)C)C1)C2. The number of amides is 2. The largest absolute Gasteiger partial charge is 0.480 e. The predicted molar refractivity (Wildman–Crippen MR) is 155 cm³/mol. The molecule has 0 radical (unpaired) electrons. The van der Waals surface area contributed by atoms with E-state index in [9.17, 15) is 24.3 Å². The van der Waals surface area contributed by atoms with Crippen molar-refractivity contribution in [1.29, 1.82) is 0 Å². The van der Waals surface area contributed by atoms with Gasteiger partial charge in [0.2, 0.25) is 5.91 Å². The van der Waals surface area contributed by atoms with Gasteiger partial charge in [-0.3, -0.25) is 14.5 Å². The highest BCUT2D eigenvalue weighted by Crippen LogP contribution is 2.35. The van der Waals surface area contributed by atoms with E-state index in [0.29, 0.717) is 25.9 Å². The first-order valence-corrected chi connectivity index (χ1v) is 14.1. The number of fused-ring (bicyclic) bond motifs is 1. The zero-order valence-corrected chi connectivity index (χ0v) is 25.0. The van der Waals surface area contributed by atoms with Crippen molar-refractivity contribution in [2.24, 2.45) is 16.7 Å². The normalized spacial score (nSPS) is 19.3. The van der Waals surface area contributed by atoms with E-state index in [4.69, 9.17) is 9.47 Å². The standard InChI is InChI=1S/C32H44N2O7/c1-8-11-21-12-10-13-22-17-33(19-24(21)22)30(39)41-23-15-26(29(37)38)34(18-23)28(36)25(31(3,4)5)16-27(35)40-20-32(6,7)14-9-2/h8-10,12-13,23,25-26H,1-2,11,14-20H2,3-7H3,(H,37,38)/t23-,25-,26+/m1/s1. The molecule has 224 valence electrons. The van der Waals surface area contributed by atoms with Gasteiger partial charge in [0.15, 0.2) is 0 Å². The molecular formula is C32H44N2O7. The number of aliphatic carboxylic acids is 1. The zero-order valence-electron chi connectivity index (χ0n) is 25.0. The first kappa shape index (κ1) is 31.9. The number of hydrogen-bond acceptors (Lipinski definition) is 6. The highest BCUT2D eigenvalue weighted by molar-refractivity contribution is 5.89. The van der Waals surface area contributed by atoms with Crippen LogP contribution < -0.4 is 0 Å². The molecule has 2 aliphatic heterocycles. The van der Waals surface area contributed by atoms with E-state index in [1.54, 1.807) is 11.0 Å². The molecule has 3 atom stereocenters. The summed E-state index contributed by atoms with van der Waals surface area (Å²) in [4.78, 5) is 54.6. The maximum atomic E-state index is 13.8. The molecule has 9 nitrogen and oxygen atoms in total. The lowest BCUT2D eigenvalue weighted by molar-refractivity contribution is -0.156. The van der Waals surface area contributed by atoms with E-state index in [1.807, 2.05) is 58.9 Å². The third kappa shape index (κ3) is 7.99. The Morgan fingerprint density at radius 3 is 2.41 bits per heavy atom. The quantitative estimate of drug-likeness (QED) is 0.291. The van der Waals surface area contributed by atoms with Crippen LogP contribution in [0, 0.1) is 16.7 Å². The molecular weight excluding hydrogens is 524 g/mol. The lowest BCUT2D eigenvalue weighted by atomic mass is 9.77.